The molecule has 1 unspecified atom stereocenters. The Balaban J connectivity index is 1.95. The summed E-state index contributed by atoms with van der Waals surface area (Å²) in [6.45, 7) is 0.107. The highest BCUT2D eigenvalue weighted by Crippen LogP contribution is 2.22. The van der Waals surface area contributed by atoms with Crippen LogP contribution in [0.25, 0.3) is 10.2 Å². The van der Waals surface area contributed by atoms with Crippen molar-refractivity contribution >= 4 is 27.5 Å². The Kier molecular flexibility index (Phi) is 5.02. The molecule has 0 radical (unpaired) electrons. The van der Waals surface area contributed by atoms with E-state index < -0.39 is 24.8 Å². The molecule has 120 valence electrons. The van der Waals surface area contributed by atoms with E-state index in [2.05, 4.69) is 9.72 Å². The van der Waals surface area contributed by atoms with Gasteiger partial charge in [0.05, 0.1) is 16.8 Å². The van der Waals surface area contributed by atoms with Crippen LogP contribution in [0.2, 0.25) is 0 Å². The van der Waals surface area contributed by atoms with Crippen LogP contribution in [0.1, 0.15) is 11.9 Å². The lowest BCUT2D eigenvalue weighted by Crippen LogP contribution is -2.37. The number of hydrogen-bond acceptors (Lipinski definition) is 4. The SMILES string of the molecule is CC(OCC(F)(F)F)C(=O)N(C)Cc1nc2ccccc2s1. The third-order valence-electron chi connectivity index (χ3n) is 2.93. The maximum atomic E-state index is 12.1. The number of hydrogen-bond donors (Lipinski definition) is 0. The minimum absolute atomic E-state index is 0.234. The Morgan fingerprint density at radius 3 is 2.73 bits per heavy atom. The molecule has 1 aromatic heterocycles. The van der Waals surface area contributed by atoms with Crippen LogP contribution in [0.5, 0.6) is 0 Å². The number of halogens is 3. The summed E-state index contributed by atoms with van der Waals surface area (Å²) in [4.78, 5) is 17.7. The molecule has 0 N–H and O–H groups in total. The second kappa shape index (κ2) is 6.62. The van der Waals surface area contributed by atoms with E-state index in [9.17, 15) is 18.0 Å². The van der Waals surface area contributed by atoms with Crippen LogP contribution in [0.3, 0.4) is 0 Å². The van der Waals surface area contributed by atoms with Crippen molar-refractivity contribution in [1.82, 2.24) is 9.88 Å². The van der Waals surface area contributed by atoms with Gasteiger partial charge in [-0.2, -0.15) is 13.2 Å². The van der Waals surface area contributed by atoms with Gasteiger partial charge in [0, 0.05) is 7.05 Å². The lowest BCUT2D eigenvalue weighted by Gasteiger charge is -2.21. The highest BCUT2D eigenvalue weighted by atomic mass is 32.1. The summed E-state index contributed by atoms with van der Waals surface area (Å²) in [5.74, 6) is -0.511. The highest BCUT2D eigenvalue weighted by molar-refractivity contribution is 7.18. The molecule has 0 aliphatic heterocycles. The zero-order chi connectivity index (χ0) is 16.3. The second-order valence-corrected chi connectivity index (χ2v) is 5.95. The normalized spacial score (nSPS) is 13.3. The van der Waals surface area contributed by atoms with Gasteiger partial charge >= 0.3 is 6.18 Å². The van der Waals surface area contributed by atoms with Crippen molar-refractivity contribution in [2.75, 3.05) is 13.7 Å². The summed E-state index contributed by atoms with van der Waals surface area (Å²) in [5.41, 5.74) is 0.838. The summed E-state index contributed by atoms with van der Waals surface area (Å²) in [6.07, 6.45) is -5.60. The summed E-state index contributed by atoms with van der Waals surface area (Å²) < 4.78 is 41.8. The van der Waals surface area contributed by atoms with E-state index in [1.54, 1.807) is 0 Å². The number of alkyl halides is 3. The minimum atomic E-state index is -4.44. The van der Waals surface area contributed by atoms with Gasteiger partial charge in [-0.15, -0.1) is 11.3 Å². The first-order valence-electron chi connectivity index (χ1n) is 6.54. The van der Waals surface area contributed by atoms with Crippen molar-refractivity contribution in [2.24, 2.45) is 0 Å². The monoisotopic (exact) mass is 332 g/mol. The molecule has 1 aromatic carbocycles. The van der Waals surface area contributed by atoms with E-state index >= 15 is 0 Å². The van der Waals surface area contributed by atoms with Gasteiger partial charge in [-0.05, 0) is 19.1 Å². The second-order valence-electron chi connectivity index (χ2n) is 4.84. The van der Waals surface area contributed by atoms with Crippen LogP contribution in [-0.4, -0.2) is 41.7 Å². The number of benzene rings is 1. The fourth-order valence-corrected chi connectivity index (χ4v) is 2.89. The molecule has 1 atom stereocenters. The van der Waals surface area contributed by atoms with Crippen LogP contribution >= 0.6 is 11.3 Å². The number of likely N-dealkylation sites (N-methyl/N-ethyl adjacent to an activating group) is 1. The Morgan fingerprint density at radius 2 is 2.09 bits per heavy atom. The molecule has 8 heteroatoms. The maximum Gasteiger partial charge on any atom is 0.411 e. The van der Waals surface area contributed by atoms with E-state index in [1.165, 1.54) is 30.2 Å². The van der Waals surface area contributed by atoms with Gasteiger partial charge in [0.1, 0.15) is 17.7 Å². The largest absolute Gasteiger partial charge is 0.411 e. The Hall–Kier alpha value is -1.67. The number of carbonyl (C=O) groups is 1. The van der Waals surface area contributed by atoms with E-state index in [0.717, 1.165) is 15.2 Å². The predicted octanol–water partition coefficient (Wildman–Crippen LogP) is 3.22. The molecule has 0 spiro atoms. The third-order valence-corrected chi connectivity index (χ3v) is 3.95. The summed E-state index contributed by atoms with van der Waals surface area (Å²) in [5, 5.41) is 0.722. The number of ether oxygens (including phenoxy) is 1. The van der Waals surface area contributed by atoms with Gasteiger partial charge in [0.2, 0.25) is 0 Å². The molecule has 1 heterocycles. The van der Waals surface area contributed by atoms with Crippen molar-refractivity contribution in [3.05, 3.63) is 29.3 Å². The van der Waals surface area contributed by atoms with Crippen LogP contribution in [0.15, 0.2) is 24.3 Å². The Labute approximate surface area is 129 Å². The number of fused-ring (bicyclic) bond motifs is 1. The molecule has 1 amide bonds. The van der Waals surface area contributed by atoms with E-state index in [0.29, 0.717) is 0 Å². The predicted molar refractivity (Wildman–Crippen MR) is 77.6 cm³/mol. The molecule has 4 nitrogen and oxygen atoms in total. The van der Waals surface area contributed by atoms with Gasteiger partial charge in [0.25, 0.3) is 5.91 Å². The first-order chi connectivity index (χ1) is 10.3. The summed E-state index contributed by atoms with van der Waals surface area (Å²) >= 11 is 1.45. The lowest BCUT2D eigenvalue weighted by molar-refractivity contribution is -0.188. The summed E-state index contributed by atoms with van der Waals surface area (Å²) in [7, 11) is 1.52. The van der Waals surface area contributed by atoms with Crippen molar-refractivity contribution < 1.29 is 22.7 Å². The molecule has 2 rings (SSSR count). The zero-order valence-electron chi connectivity index (χ0n) is 12.1. The first kappa shape index (κ1) is 16.7. The fourth-order valence-electron chi connectivity index (χ4n) is 1.87. The van der Waals surface area contributed by atoms with Crippen molar-refractivity contribution in [1.29, 1.82) is 0 Å². The Morgan fingerprint density at radius 1 is 1.41 bits per heavy atom. The third kappa shape index (κ3) is 4.41. The van der Waals surface area contributed by atoms with Crippen LogP contribution < -0.4 is 0 Å². The zero-order valence-corrected chi connectivity index (χ0v) is 12.9. The van der Waals surface area contributed by atoms with E-state index in [1.807, 2.05) is 24.3 Å². The van der Waals surface area contributed by atoms with Gasteiger partial charge in [-0.1, -0.05) is 12.1 Å². The van der Waals surface area contributed by atoms with Gasteiger partial charge in [-0.3, -0.25) is 4.79 Å². The highest BCUT2D eigenvalue weighted by Gasteiger charge is 2.30. The molecule has 0 bridgehead atoms. The topological polar surface area (TPSA) is 42.4 Å². The molecule has 0 saturated heterocycles. The first-order valence-corrected chi connectivity index (χ1v) is 7.35. The van der Waals surface area contributed by atoms with Crippen LogP contribution in [0.4, 0.5) is 13.2 Å². The van der Waals surface area contributed by atoms with E-state index in [-0.39, 0.29) is 6.54 Å². The maximum absolute atomic E-state index is 12.1. The molecular weight excluding hydrogens is 317 g/mol. The average molecular weight is 332 g/mol. The van der Waals surface area contributed by atoms with Crippen molar-refractivity contribution in [3.8, 4) is 0 Å². The Bertz CT molecular complexity index is 624. The van der Waals surface area contributed by atoms with Gasteiger partial charge in [-0.25, -0.2) is 4.98 Å². The minimum Gasteiger partial charge on any atom is -0.359 e. The van der Waals surface area contributed by atoms with Crippen molar-refractivity contribution in [2.45, 2.75) is 25.7 Å². The fraction of sp³-hybridized carbons (Fsp3) is 0.429. The molecular formula is C14H15F3N2O2S. The lowest BCUT2D eigenvalue weighted by atomic mass is 10.3. The molecule has 0 aliphatic carbocycles. The molecule has 0 aliphatic rings. The van der Waals surface area contributed by atoms with Crippen LogP contribution in [-0.2, 0) is 16.1 Å². The molecule has 22 heavy (non-hydrogen) atoms. The smallest absolute Gasteiger partial charge is 0.359 e. The van der Waals surface area contributed by atoms with Gasteiger partial charge in [0.15, 0.2) is 0 Å². The standard InChI is InChI=1S/C14H15F3N2O2S/c1-9(21-8-14(15,16)17)13(20)19(2)7-12-18-10-5-3-4-6-11(10)22-12/h3-6,9H,7-8H2,1-2H3. The molecule has 0 fully saturated rings. The molecule has 2 aromatic rings. The number of thiazole rings is 1. The summed E-state index contributed by atoms with van der Waals surface area (Å²) in [6, 6.07) is 7.56. The number of aromatic nitrogens is 1. The number of rotatable bonds is 5. The number of para-hydroxylation sites is 1. The van der Waals surface area contributed by atoms with Crippen molar-refractivity contribution in [3.63, 3.8) is 0 Å². The number of amides is 1. The molecule has 0 saturated carbocycles. The quantitative estimate of drug-likeness (QED) is 0.844. The average Bonchev–Trinajstić information content (AvgIpc) is 2.85. The number of carbonyl (C=O) groups excluding carboxylic acids is 1. The number of nitrogens with zero attached hydrogens (tertiary/aromatic N) is 2. The van der Waals surface area contributed by atoms with Crippen LogP contribution in [0, 0.1) is 0 Å². The van der Waals surface area contributed by atoms with E-state index in [4.69, 9.17) is 0 Å². The van der Waals surface area contributed by atoms with Gasteiger partial charge < -0.3 is 9.64 Å².